The van der Waals surface area contributed by atoms with Gasteiger partial charge in [-0.05, 0) is 70.9 Å². The Morgan fingerprint density at radius 3 is 2.20 bits per heavy atom. The minimum Gasteiger partial charge on any atom is -0.480 e. The molecule has 1 aromatic heterocycles. The number of carboxylic acid groups (broad SMARTS) is 1. The van der Waals surface area contributed by atoms with Crippen LogP contribution in [0.15, 0.2) is 17.5 Å². The molecule has 0 spiro atoms. The van der Waals surface area contributed by atoms with E-state index in [0.29, 0.717) is 63.7 Å². The van der Waals surface area contributed by atoms with E-state index < -0.39 is 72.3 Å². The summed E-state index contributed by atoms with van der Waals surface area (Å²) in [7, 11) is 0. The maximum atomic E-state index is 13.5. The number of imidazole rings is 1. The fourth-order valence-electron chi connectivity index (χ4n) is 5.53. The molecule has 0 saturated carbocycles. The Hall–Kier alpha value is -4.82. The van der Waals surface area contributed by atoms with Gasteiger partial charge in [-0.2, -0.15) is 0 Å². The number of aliphatic carboxylic acids is 1. The van der Waals surface area contributed by atoms with Crippen molar-refractivity contribution in [1.82, 2.24) is 36.1 Å². The monoisotopic (exact) mass is 721 g/mol. The molecular weight excluding hydrogens is 666 g/mol. The summed E-state index contributed by atoms with van der Waals surface area (Å²) in [6.45, 7) is 0.759. The Labute approximate surface area is 296 Å². The topological polar surface area (TPSA) is 345 Å². The number of carbonyl (C=O) groups is 6. The number of H-pyrrole nitrogens is 1. The predicted molar refractivity (Wildman–Crippen MR) is 187 cm³/mol. The standard InChI is InChI=1S/C31H55N13O7/c32-11-3-1-7-20(34)26(46)43-23(15-19-16-37-18-40-19)27(47)39-17-25(45)44-14-6-10-24(44)29(49)41-21(9-5-13-38-31(35)36)28(48)42-22(30(50)51)8-2-4-12-33/h16,18,20-24H,1-15,17,32-34H2,(H,37,40)(H,39,47)(H,41,49)(H,42,48)(H,43,46)(H,50,51)(H4,35,36,38)/t20-,21-,22-,23-,24-/m0/s1. The van der Waals surface area contributed by atoms with E-state index in [0.717, 1.165) is 0 Å². The number of carbonyl (C=O) groups excluding carboxylic acids is 5. The Morgan fingerprint density at radius 2 is 1.57 bits per heavy atom. The number of hydrogen-bond donors (Lipinski definition) is 11. The predicted octanol–water partition coefficient (Wildman–Crippen LogP) is -3.76. The lowest BCUT2D eigenvalue weighted by Gasteiger charge is -2.27. The molecule has 20 heteroatoms. The van der Waals surface area contributed by atoms with Crippen LogP contribution in [0.2, 0.25) is 0 Å². The van der Waals surface area contributed by atoms with E-state index in [9.17, 15) is 33.9 Å². The second-order valence-corrected chi connectivity index (χ2v) is 12.4. The summed E-state index contributed by atoms with van der Waals surface area (Å²) in [5, 5.41) is 20.0. The van der Waals surface area contributed by atoms with Gasteiger partial charge < -0.3 is 64.9 Å². The van der Waals surface area contributed by atoms with Crippen LogP contribution in [0.25, 0.3) is 0 Å². The van der Waals surface area contributed by atoms with E-state index in [1.165, 1.54) is 17.4 Å². The third-order valence-electron chi connectivity index (χ3n) is 8.35. The number of guanidine groups is 1. The summed E-state index contributed by atoms with van der Waals surface area (Å²) >= 11 is 0. The fraction of sp³-hybridized carbons (Fsp3) is 0.677. The number of aromatic amines is 1. The molecular formula is C31H55N13O7. The van der Waals surface area contributed by atoms with Crippen LogP contribution in [0.1, 0.15) is 69.9 Å². The number of likely N-dealkylation sites (tertiary alicyclic amines) is 1. The van der Waals surface area contributed by atoms with Gasteiger partial charge in [0.2, 0.25) is 29.5 Å². The molecule has 0 unspecified atom stereocenters. The maximum Gasteiger partial charge on any atom is 0.326 e. The Balaban J connectivity index is 2.08. The van der Waals surface area contributed by atoms with E-state index >= 15 is 0 Å². The van der Waals surface area contributed by atoms with Gasteiger partial charge in [-0.3, -0.25) is 29.0 Å². The lowest BCUT2D eigenvalue weighted by molar-refractivity contribution is -0.143. The van der Waals surface area contributed by atoms with E-state index in [-0.39, 0.29) is 44.7 Å². The van der Waals surface area contributed by atoms with E-state index in [2.05, 4.69) is 36.2 Å². The van der Waals surface area contributed by atoms with Gasteiger partial charge in [0.1, 0.15) is 24.2 Å². The average Bonchev–Trinajstić information content (AvgIpc) is 3.80. The number of carboxylic acids is 1. The lowest BCUT2D eigenvalue weighted by atomic mass is 10.1. The molecule has 5 amide bonds. The molecule has 1 fully saturated rings. The summed E-state index contributed by atoms with van der Waals surface area (Å²) < 4.78 is 0. The van der Waals surface area contributed by atoms with Gasteiger partial charge in [-0.1, -0.05) is 6.42 Å². The van der Waals surface area contributed by atoms with Crippen LogP contribution in [0.4, 0.5) is 0 Å². The number of nitrogens with one attached hydrogen (secondary N) is 5. The third-order valence-corrected chi connectivity index (χ3v) is 8.35. The first-order valence-electron chi connectivity index (χ1n) is 17.3. The molecule has 1 aliphatic heterocycles. The summed E-state index contributed by atoms with van der Waals surface area (Å²) in [5.74, 6) is -4.41. The maximum absolute atomic E-state index is 13.5. The van der Waals surface area contributed by atoms with Crippen molar-refractivity contribution in [1.29, 1.82) is 0 Å². The van der Waals surface area contributed by atoms with Gasteiger partial charge in [-0.25, -0.2) is 9.78 Å². The number of aromatic nitrogens is 2. The van der Waals surface area contributed by atoms with Crippen molar-refractivity contribution in [2.24, 2.45) is 33.7 Å². The molecule has 16 N–H and O–H groups in total. The number of rotatable bonds is 24. The van der Waals surface area contributed by atoms with Crippen molar-refractivity contribution in [3.8, 4) is 0 Å². The summed E-state index contributed by atoms with van der Waals surface area (Å²) in [6.07, 6.45) is 7.07. The van der Waals surface area contributed by atoms with Gasteiger partial charge in [0.25, 0.3) is 0 Å². The van der Waals surface area contributed by atoms with E-state index in [1.54, 1.807) is 0 Å². The highest BCUT2D eigenvalue weighted by molar-refractivity contribution is 5.95. The van der Waals surface area contributed by atoms with Crippen molar-refractivity contribution in [3.63, 3.8) is 0 Å². The van der Waals surface area contributed by atoms with Gasteiger partial charge in [0.15, 0.2) is 5.96 Å². The second kappa shape index (κ2) is 22.8. The van der Waals surface area contributed by atoms with Crippen LogP contribution in [-0.2, 0) is 35.2 Å². The van der Waals surface area contributed by atoms with Crippen LogP contribution in [-0.4, -0.2) is 124 Å². The van der Waals surface area contributed by atoms with Crippen LogP contribution in [0.5, 0.6) is 0 Å². The molecule has 0 bridgehead atoms. The highest BCUT2D eigenvalue weighted by Gasteiger charge is 2.36. The molecule has 286 valence electrons. The normalized spacial score (nSPS) is 16.3. The summed E-state index contributed by atoms with van der Waals surface area (Å²) in [6, 6.07) is -5.22. The molecule has 20 nitrogen and oxygen atoms in total. The Bertz CT molecular complexity index is 1310. The fourth-order valence-corrected chi connectivity index (χ4v) is 5.53. The zero-order chi connectivity index (χ0) is 37.8. The quantitative estimate of drug-likeness (QED) is 0.0278. The number of nitrogens with zero attached hydrogens (tertiary/aromatic N) is 3. The third kappa shape index (κ3) is 15.3. The minimum absolute atomic E-state index is 0.0540. The first-order valence-corrected chi connectivity index (χ1v) is 17.3. The van der Waals surface area contributed by atoms with Crippen molar-refractivity contribution >= 4 is 41.5 Å². The van der Waals surface area contributed by atoms with Crippen LogP contribution in [0, 0.1) is 0 Å². The number of unbranched alkanes of at least 4 members (excludes halogenated alkanes) is 2. The van der Waals surface area contributed by atoms with Gasteiger partial charge in [0.05, 0.1) is 18.9 Å². The molecule has 2 heterocycles. The van der Waals surface area contributed by atoms with Crippen LogP contribution in [0.3, 0.4) is 0 Å². The Kier molecular flexibility index (Phi) is 18.9. The molecule has 0 radical (unpaired) electrons. The molecule has 0 aliphatic carbocycles. The highest BCUT2D eigenvalue weighted by atomic mass is 16.4. The second-order valence-electron chi connectivity index (χ2n) is 12.4. The van der Waals surface area contributed by atoms with Gasteiger partial charge >= 0.3 is 5.97 Å². The van der Waals surface area contributed by atoms with E-state index in [1.807, 2.05) is 0 Å². The molecule has 0 aromatic carbocycles. The zero-order valence-corrected chi connectivity index (χ0v) is 29.0. The molecule has 1 saturated heterocycles. The number of aliphatic imine (C=N–C) groups is 1. The number of hydrogen-bond acceptors (Lipinski definition) is 11. The number of amides is 5. The van der Waals surface area contributed by atoms with Gasteiger partial charge in [0, 0.05) is 31.4 Å². The Morgan fingerprint density at radius 1 is 0.902 bits per heavy atom. The molecule has 51 heavy (non-hydrogen) atoms. The average molecular weight is 722 g/mol. The van der Waals surface area contributed by atoms with Crippen LogP contribution >= 0.6 is 0 Å². The molecule has 5 atom stereocenters. The summed E-state index contributed by atoms with van der Waals surface area (Å²) in [5.41, 5.74) is 28.4. The number of nitrogens with two attached hydrogens (primary N) is 5. The molecule has 1 aliphatic rings. The zero-order valence-electron chi connectivity index (χ0n) is 29.0. The van der Waals surface area contributed by atoms with E-state index in [4.69, 9.17) is 28.7 Å². The van der Waals surface area contributed by atoms with Crippen molar-refractivity contribution in [3.05, 3.63) is 18.2 Å². The van der Waals surface area contributed by atoms with Crippen molar-refractivity contribution in [2.45, 2.75) is 101 Å². The van der Waals surface area contributed by atoms with Gasteiger partial charge in [-0.15, -0.1) is 0 Å². The van der Waals surface area contributed by atoms with Crippen molar-refractivity contribution < 1.29 is 33.9 Å². The van der Waals surface area contributed by atoms with Crippen molar-refractivity contribution in [2.75, 3.05) is 32.7 Å². The molecule has 2 rings (SSSR count). The smallest absolute Gasteiger partial charge is 0.326 e. The highest BCUT2D eigenvalue weighted by Crippen LogP contribution is 2.18. The first kappa shape index (κ1) is 42.3. The summed E-state index contributed by atoms with van der Waals surface area (Å²) in [4.78, 5) is 89.9. The largest absolute Gasteiger partial charge is 0.480 e. The SMILES string of the molecule is NCCCC[C@H](NC(=O)[C@H](CCCN=C(N)N)NC(=O)[C@@H]1CCCN1C(=O)CNC(=O)[C@H](Cc1cnc[nH]1)NC(=O)[C@@H](N)CCCCN)C(=O)O. The minimum atomic E-state index is -1.22. The lowest BCUT2D eigenvalue weighted by Crippen LogP contribution is -2.56. The van der Waals surface area contributed by atoms with Crippen LogP contribution < -0.4 is 49.9 Å². The molecule has 1 aromatic rings. The first-order chi connectivity index (χ1) is 24.4.